The number of unbranched alkanes of at least 4 members (excludes halogenated alkanes) is 1. The van der Waals surface area contributed by atoms with Crippen molar-refractivity contribution < 1.29 is 9.90 Å². The van der Waals surface area contributed by atoms with Crippen molar-refractivity contribution in [3.8, 4) is 17.0 Å². The second kappa shape index (κ2) is 7.20. The highest BCUT2D eigenvalue weighted by Gasteiger charge is 2.24. The molecule has 0 aliphatic carbocycles. The van der Waals surface area contributed by atoms with Crippen molar-refractivity contribution in [1.29, 1.82) is 0 Å². The van der Waals surface area contributed by atoms with Crippen molar-refractivity contribution in [2.45, 2.75) is 46.6 Å². The van der Waals surface area contributed by atoms with Crippen LogP contribution in [0.15, 0.2) is 30.3 Å². The van der Waals surface area contributed by atoms with Crippen molar-refractivity contribution in [3.05, 3.63) is 47.3 Å². The smallest absolute Gasteiger partial charge is 0.251 e. The number of primary amides is 1. The van der Waals surface area contributed by atoms with Crippen molar-refractivity contribution in [2.75, 3.05) is 0 Å². The molecule has 0 saturated carbocycles. The highest BCUT2D eigenvalue weighted by molar-refractivity contribution is 6.02. The third-order valence-corrected chi connectivity index (χ3v) is 4.90. The van der Waals surface area contributed by atoms with Crippen LogP contribution in [0.4, 0.5) is 0 Å². The summed E-state index contributed by atoms with van der Waals surface area (Å²) in [5.41, 5.74) is 10.2. The van der Waals surface area contributed by atoms with E-state index in [0.29, 0.717) is 16.8 Å². The number of rotatable bonds is 6. The van der Waals surface area contributed by atoms with Crippen LogP contribution in [0.25, 0.3) is 22.2 Å². The minimum atomic E-state index is -0.443. The Morgan fingerprint density at radius 3 is 2.65 bits per heavy atom. The minimum absolute atomic E-state index is 0.130. The van der Waals surface area contributed by atoms with E-state index in [1.165, 1.54) is 0 Å². The Hall–Kier alpha value is -2.82. The Balaban J connectivity index is 2.29. The third kappa shape index (κ3) is 2.94. The summed E-state index contributed by atoms with van der Waals surface area (Å²) < 4.78 is 2.19. The summed E-state index contributed by atoms with van der Waals surface area (Å²) in [5.74, 6) is -0.313. The number of benzene rings is 1. The molecule has 0 atom stereocenters. The van der Waals surface area contributed by atoms with E-state index in [0.717, 1.165) is 48.1 Å². The molecular formula is C21H25N3O2. The highest BCUT2D eigenvalue weighted by Crippen LogP contribution is 2.34. The zero-order valence-corrected chi connectivity index (χ0v) is 15.5. The molecule has 5 heteroatoms. The molecule has 0 aliphatic rings. The van der Waals surface area contributed by atoms with Crippen LogP contribution in [0.3, 0.4) is 0 Å². The topological polar surface area (TPSA) is 81.1 Å². The Labute approximate surface area is 153 Å². The molecule has 0 fully saturated rings. The lowest BCUT2D eigenvalue weighted by Gasteiger charge is -2.11. The van der Waals surface area contributed by atoms with Crippen LogP contribution in [0, 0.1) is 6.92 Å². The summed E-state index contributed by atoms with van der Waals surface area (Å²) in [4.78, 5) is 16.9. The van der Waals surface area contributed by atoms with E-state index in [1.807, 2.05) is 25.1 Å². The van der Waals surface area contributed by atoms with E-state index in [2.05, 4.69) is 23.4 Å². The molecule has 26 heavy (non-hydrogen) atoms. The molecular weight excluding hydrogens is 326 g/mol. The Morgan fingerprint density at radius 1 is 1.23 bits per heavy atom. The molecule has 0 bridgehead atoms. The molecule has 1 aromatic carbocycles. The molecule has 0 aliphatic heterocycles. The molecule has 3 N–H and O–H groups in total. The predicted octanol–water partition coefficient (Wildman–Crippen LogP) is 4.18. The molecule has 5 nitrogen and oxygen atoms in total. The van der Waals surface area contributed by atoms with Crippen molar-refractivity contribution in [2.24, 2.45) is 5.73 Å². The lowest BCUT2D eigenvalue weighted by atomic mass is 10.0. The van der Waals surface area contributed by atoms with Crippen LogP contribution in [0.5, 0.6) is 5.75 Å². The second-order valence-corrected chi connectivity index (χ2v) is 6.55. The summed E-state index contributed by atoms with van der Waals surface area (Å²) >= 11 is 0. The molecule has 3 rings (SSSR count). The fourth-order valence-electron chi connectivity index (χ4n) is 3.63. The maximum absolute atomic E-state index is 12.2. The van der Waals surface area contributed by atoms with Gasteiger partial charge in [0.2, 0.25) is 0 Å². The first kappa shape index (κ1) is 18.0. The van der Waals surface area contributed by atoms with E-state index in [-0.39, 0.29) is 5.75 Å². The van der Waals surface area contributed by atoms with Crippen LogP contribution in [-0.4, -0.2) is 20.6 Å². The van der Waals surface area contributed by atoms with E-state index in [9.17, 15) is 9.90 Å². The highest BCUT2D eigenvalue weighted by atomic mass is 16.3. The molecule has 3 aromatic rings. The molecule has 0 saturated heterocycles. The van der Waals surface area contributed by atoms with Gasteiger partial charge in [0, 0.05) is 28.9 Å². The summed E-state index contributed by atoms with van der Waals surface area (Å²) in [6, 6.07) is 9.12. The maximum atomic E-state index is 12.2. The Bertz CT molecular complexity index is 973. The van der Waals surface area contributed by atoms with Gasteiger partial charge >= 0.3 is 0 Å². The van der Waals surface area contributed by atoms with Gasteiger partial charge in [-0.1, -0.05) is 38.5 Å². The van der Waals surface area contributed by atoms with Crippen LogP contribution in [0.1, 0.15) is 48.4 Å². The van der Waals surface area contributed by atoms with Gasteiger partial charge in [0.25, 0.3) is 5.91 Å². The van der Waals surface area contributed by atoms with Gasteiger partial charge in [-0.2, -0.15) is 0 Å². The number of phenols is 1. The normalized spacial score (nSPS) is 11.2. The number of hydrogen-bond acceptors (Lipinski definition) is 3. The second-order valence-electron chi connectivity index (χ2n) is 6.55. The first-order valence-corrected chi connectivity index (χ1v) is 9.10. The molecule has 1 amide bonds. The van der Waals surface area contributed by atoms with Gasteiger partial charge in [-0.25, -0.2) is 4.98 Å². The average Bonchev–Trinajstić information content (AvgIpc) is 2.91. The fourth-order valence-corrected chi connectivity index (χ4v) is 3.63. The summed E-state index contributed by atoms with van der Waals surface area (Å²) in [6.07, 6.45) is 2.88. The predicted molar refractivity (Wildman–Crippen MR) is 104 cm³/mol. The van der Waals surface area contributed by atoms with Crippen molar-refractivity contribution in [3.63, 3.8) is 0 Å². The number of fused-ring (bicyclic) bond motifs is 1. The van der Waals surface area contributed by atoms with E-state index in [1.54, 1.807) is 12.1 Å². The lowest BCUT2D eigenvalue weighted by molar-refractivity contribution is 0.1000. The largest absolute Gasteiger partial charge is 0.506 e. The molecule has 0 spiro atoms. The standard InChI is InChI=1S/C21H25N3O2/c1-4-6-12-24-13(3)18(21(22)26)19(16(24)5-2)15-11-10-14-8-7-9-17(25)20(14)23-15/h7-11,25H,4-6,12H2,1-3H3,(H2,22,26). The average molecular weight is 351 g/mol. The number of pyridine rings is 1. The first-order chi connectivity index (χ1) is 12.5. The Morgan fingerprint density at radius 2 is 2.00 bits per heavy atom. The number of nitrogens with two attached hydrogens (primary N) is 1. The lowest BCUT2D eigenvalue weighted by Crippen LogP contribution is -2.13. The number of amides is 1. The summed E-state index contributed by atoms with van der Waals surface area (Å²) in [6.45, 7) is 7.01. The summed E-state index contributed by atoms with van der Waals surface area (Å²) in [5, 5.41) is 11.0. The van der Waals surface area contributed by atoms with Gasteiger partial charge < -0.3 is 15.4 Å². The van der Waals surface area contributed by atoms with E-state index in [4.69, 9.17) is 5.73 Å². The quantitative estimate of drug-likeness (QED) is 0.699. The number of hydrogen-bond donors (Lipinski definition) is 2. The van der Waals surface area contributed by atoms with Crippen LogP contribution in [-0.2, 0) is 13.0 Å². The maximum Gasteiger partial charge on any atom is 0.251 e. The number of aromatic hydroxyl groups is 1. The van der Waals surface area contributed by atoms with Gasteiger partial charge in [-0.3, -0.25) is 4.79 Å². The summed E-state index contributed by atoms with van der Waals surface area (Å²) in [7, 11) is 0. The molecule has 0 radical (unpaired) electrons. The molecule has 0 unspecified atom stereocenters. The van der Waals surface area contributed by atoms with Gasteiger partial charge in [-0.15, -0.1) is 0 Å². The zero-order chi connectivity index (χ0) is 18.8. The zero-order valence-electron chi connectivity index (χ0n) is 15.5. The van der Waals surface area contributed by atoms with Crippen LogP contribution >= 0.6 is 0 Å². The van der Waals surface area contributed by atoms with Gasteiger partial charge in [0.15, 0.2) is 0 Å². The number of para-hydroxylation sites is 1. The third-order valence-electron chi connectivity index (χ3n) is 4.90. The van der Waals surface area contributed by atoms with Crippen LogP contribution < -0.4 is 5.73 Å². The fraction of sp³-hybridized carbons (Fsp3) is 0.333. The van der Waals surface area contributed by atoms with Gasteiger partial charge in [-0.05, 0) is 31.9 Å². The number of phenolic OH excluding ortho intramolecular Hbond substituents is 1. The van der Waals surface area contributed by atoms with Crippen molar-refractivity contribution >= 4 is 16.8 Å². The van der Waals surface area contributed by atoms with Gasteiger partial charge in [0.1, 0.15) is 11.3 Å². The van der Waals surface area contributed by atoms with Crippen molar-refractivity contribution in [1.82, 2.24) is 9.55 Å². The van der Waals surface area contributed by atoms with E-state index < -0.39 is 5.91 Å². The van der Waals surface area contributed by atoms with Gasteiger partial charge in [0.05, 0.1) is 11.3 Å². The minimum Gasteiger partial charge on any atom is -0.506 e. The first-order valence-electron chi connectivity index (χ1n) is 9.10. The van der Waals surface area contributed by atoms with Crippen LogP contribution in [0.2, 0.25) is 0 Å². The SMILES string of the molecule is CCCCn1c(C)c(C(N)=O)c(-c2ccc3cccc(O)c3n2)c1CC. The molecule has 136 valence electrons. The molecule has 2 heterocycles. The number of nitrogens with zero attached hydrogens (tertiary/aromatic N) is 2. The number of carbonyl (C=O) groups excluding carboxylic acids is 1. The monoisotopic (exact) mass is 351 g/mol. The molecule has 2 aromatic heterocycles. The number of carbonyl (C=O) groups is 1. The Kier molecular flexibility index (Phi) is 4.98. The number of aromatic nitrogens is 2. The van der Waals surface area contributed by atoms with E-state index >= 15 is 0 Å².